The predicted molar refractivity (Wildman–Crippen MR) is 71.8 cm³/mol. The first-order valence-corrected chi connectivity index (χ1v) is 6.57. The van der Waals surface area contributed by atoms with E-state index in [2.05, 4.69) is 10.6 Å². The maximum absolute atomic E-state index is 12.0. The summed E-state index contributed by atoms with van der Waals surface area (Å²) in [5.41, 5.74) is 1.60. The van der Waals surface area contributed by atoms with Crippen molar-refractivity contribution in [1.29, 1.82) is 0 Å². The zero-order chi connectivity index (χ0) is 13.0. The van der Waals surface area contributed by atoms with Crippen LogP contribution in [0.4, 0.5) is 5.69 Å². The number of nitrogens with one attached hydrogen (secondary N) is 2. The molecule has 0 aliphatic carbocycles. The highest BCUT2D eigenvalue weighted by Crippen LogP contribution is 2.25. The average molecular weight is 248 g/mol. The van der Waals surface area contributed by atoms with Crippen molar-refractivity contribution in [3.8, 4) is 5.75 Å². The minimum atomic E-state index is -0.136. The van der Waals surface area contributed by atoms with Crippen molar-refractivity contribution >= 4 is 11.6 Å². The standard InChI is InChI=1S/C14H20N2O2/c1-2-10-6-7-13(17)12(9-10)16-14(18)11-5-3-4-8-15-11/h6-7,9,11,15,17H,2-5,8H2,1H3,(H,16,18)/t11-/m0/s1. The van der Waals surface area contributed by atoms with Gasteiger partial charge in [0.15, 0.2) is 0 Å². The van der Waals surface area contributed by atoms with E-state index in [-0.39, 0.29) is 17.7 Å². The Balaban J connectivity index is 2.05. The number of rotatable bonds is 3. The van der Waals surface area contributed by atoms with Crippen LogP contribution in [0.3, 0.4) is 0 Å². The molecule has 1 atom stereocenters. The van der Waals surface area contributed by atoms with Crippen molar-refractivity contribution in [3.63, 3.8) is 0 Å². The van der Waals surface area contributed by atoms with Gasteiger partial charge in [0.05, 0.1) is 11.7 Å². The number of hydrogen-bond acceptors (Lipinski definition) is 3. The van der Waals surface area contributed by atoms with E-state index in [4.69, 9.17) is 0 Å². The van der Waals surface area contributed by atoms with Crippen LogP contribution in [0.2, 0.25) is 0 Å². The Hall–Kier alpha value is -1.55. The Labute approximate surface area is 107 Å². The highest BCUT2D eigenvalue weighted by molar-refractivity contribution is 5.96. The van der Waals surface area contributed by atoms with Crippen LogP contribution in [0, 0.1) is 0 Å². The lowest BCUT2D eigenvalue weighted by Crippen LogP contribution is -2.43. The Bertz CT molecular complexity index is 426. The molecule has 18 heavy (non-hydrogen) atoms. The number of carbonyl (C=O) groups is 1. The molecule has 0 spiro atoms. The molecule has 0 unspecified atom stereocenters. The summed E-state index contributed by atoms with van der Waals surface area (Å²) < 4.78 is 0. The van der Waals surface area contributed by atoms with Crippen molar-refractivity contribution in [1.82, 2.24) is 5.32 Å². The Morgan fingerprint density at radius 3 is 3.00 bits per heavy atom. The van der Waals surface area contributed by atoms with Gasteiger partial charge in [-0.15, -0.1) is 0 Å². The summed E-state index contributed by atoms with van der Waals surface area (Å²) in [5, 5.41) is 15.7. The number of carbonyl (C=O) groups excluding carboxylic acids is 1. The average Bonchev–Trinajstić information content (AvgIpc) is 2.42. The molecule has 4 heteroatoms. The van der Waals surface area contributed by atoms with Gasteiger partial charge in [-0.05, 0) is 43.5 Å². The third kappa shape index (κ3) is 3.01. The molecule has 0 saturated carbocycles. The maximum atomic E-state index is 12.0. The highest BCUT2D eigenvalue weighted by Gasteiger charge is 2.21. The van der Waals surface area contributed by atoms with E-state index in [0.717, 1.165) is 37.8 Å². The molecule has 1 aliphatic heterocycles. The first-order valence-electron chi connectivity index (χ1n) is 6.57. The van der Waals surface area contributed by atoms with Crippen molar-refractivity contribution in [2.45, 2.75) is 38.6 Å². The van der Waals surface area contributed by atoms with Crippen molar-refractivity contribution in [3.05, 3.63) is 23.8 Å². The van der Waals surface area contributed by atoms with Crippen LogP contribution in [-0.2, 0) is 11.2 Å². The van der Waals surface area contributed by atoms with E-state index in [9.17, 15) is 9.90 Å². The van der Waals surface area contributed by atoms with Crippen LogP contribution in [0.5, 0.6) is 5.75 Å². The van der Waals surface area contributed by atoms with Crippen LogP contribution in [0.15, 0.2) is 18.2 Å². The van der Waals surface area contributed by atoms with Gasteiger partial charge in [0.1, 0.15) is 5.75 Å². The number of aryl methyl sites for hydroxylation is 1. The SMILES string of the molecule is CCc1ccc(O)c(NC(=O)[C@@H]2CCCCN2)c1. The van der Waals surface area contributed by atoms with Gasteiger partial charge >= 0.3 is 0 Å². The van der Waals surface area contributed by atoms with E-state index in [1.54, 1.807) is 6.07 Å². The molecule has 98 valence electrons. The lowest BCUT2D eigenvalue weighted by molar-refractivity contribution is -0.118. The first-order chi connectivity index (χ1) is 8.70. The van der Waals surface area contributed by atoms with E-state index < -0.39 is 0 Å². The van der Waals surface area contributed by atoms with Crippen LogP contribution in [0.1, 0.15) is 31.7 Å². The van der Waals surface area contributed by atoms with Gasteiger partial charge in [-0.2, -0.15) is 0 Å². The molecular weight excluding hydrogens is 228 g/mol. The monoisotopic (exact) mass is 248 g/mol. The predicted octanol–water partition coefficient (Wildman–Crippen LogP) is 2.04. The molecule has 2 rings (SSSR count). The largest absolute Gasteiger partial charge is 0.506 e. The zero-order valence-corrected chi connectivity index (χ0v) is 10.7. The molecule has 3 N–H and O–H groups in total. The van der Waals surface area contributed by atoms with E-state index in [1.165, 1.54) is 0 Å². The van der Waals surface area contributed by atoms with Crippen LogP contribution in [0.25, 0.3) is 0 Å². The molecule has 1 aliphatic rings. The third-order valence-corrected chi connectivity index (χ3v) is 3.35. The fourth-order valence-corrected chi connectivity index (χ4v) is 2.20. The number of anilines is 1. The number of phenolic OH excluding ortho intramolecular Hbond substituents is 1. The summed E-state index contributed by atoms with van der Waals surface area (Å²) in [4.78, 5) is 12.0. The van der Waals surface area contributed by atoms with Gasteiger partial charge in [-0.1, -0.05) is 19.4 Å². The lowest BCUT2D eigenvalue weighted by atomic mass is 10.0. The fourth-order valence-electron chi connectivity index (χ4n) is 2.20. The minimum absolute atomic E-state index is 0.0572. The number of benzene rings is 1. The third-order valence-electron chi connectivity index (χ3n) is 3.35. The van der Waals surface area contributed by atoms with Crippen LogP contribution in [-0.4, -0.2) is 23.6 Å². The second-order valence-electron chi connectivity index (χ2n) is 4.70. The summed E-state index contributed by atoms with van der Waals surface area (Å²) >= 11 is 0. The summed E-state index contributed by atoms with van der Waals surface area (Å²) in [6.45, 7) is 2.93. The minimum Gasteiger partial charge on any atom is -0.506 e. The number of piperidine rings is 1. The van der Waals surface area contributed by atoms with E-state index in [0.29, 0.717) is 5.69 Å². The van der Waals surface area contributed by atoms with Gasteiger partial charge in [-0.3, -0.25) is 4.79 Å². The van der Waals surface area contributed by atoms with E-state index >= 15 is 0 Å². The van der Waals surface area contributed by atoms with E-state index in [1.807, 2.05) is 19.1 Å². The number of hydrogen-bond donors (Lipinski definition) is 3. The molecule has 4 nitrogen and oxygen atoms in total. The first kappa shape index (κ1) is 12.9. The molecule has 1 fully saturated rings. The van der Waals surface area contributed by atoms with Gasteiger partial charge in [0.25, 0.3) is 0 Å². The summed E-state index contributed by atoms with van der Waals surface area (Å²) in [5.74, 6) is 0.0645. The van der Waals surface area contributed by atoms with Gasteiger partial charge in [0.2, 0.25) is 5.91 Å². The Morgan fingerprint density at radius 2 is 2.33 bits per heavy atom. The smallest absolute Gasteiger partial charge is 0.241 e. The molecule has 1 saturated heterocycles. The van der Waals surface area contributed by atoms with Crippen LogP contribution < -0.4 is 10.6 Å². The van der Waals surface area contributed by atoms with Gasteiger partial charge < -0.3 is 15.7 Å². The second kappa shape index (κ2) is 5.87. The van der Waals surface area contributed by atoms with Gasteiger partial charge in [0, 0.05) is 0 Å². The summed E-state index contributed by atoms with van der Waals surface area (Å²) in [6.07, 6.45) is 3.94. The molecular formula is C14H20N2O2. The molecule has 1 amide bonds. The quantitative estimate of drug-likeness (QED) is 0.717. The summed E-state index contributed by atoms with van der Waals surface area (Å²) in [6, 6.07) is 5.19. The Morgan fingerprint density at radius 1 is 1.50 bits per heavy atom. The number of aromatic hydroxyl groups is 1. The molecule has 0 aromatic heterocycles. The summed E-state index contributed by atoms with van der Waals surface area (Å²) in [7, 11) is 0. The number of phenols is 1. The Kier molecular flexibility index (Phi) is 4.20. The highest BCUT2D eigenvalue weighted by atomic mass is 16.3. The lowest BCUT2D eigenvalue weighted by Gasteiger charge is -2.22. The zero-order valence-electron chi connectivity index (χ0n) is 10.7. The molecule has 0 radical (unpaired) electrons. The number of amides is 1. The van der Waals surface area contributed by atoms with Crippen molar-refractivity contribution in [2.75, 3.05) is 11.9 Å². The van der Waals surface area contributed by atoms with Gasteiger partial charge in [-0.25, -0.2) is 0 Å². The molecule has 1 aromatic carbocycles. The topological polar surface area (TPSA) is 61.4 Å². The second-order valence-corrected chi connectivity index (χ2v) is 4.70. The van der Waals surface area contributed by atoms with Crippen LogP contribution >= 0.6 is 0 Å². The van der Waals surface area contributed by atoms with Crippen molar-refractivity contribution in [2.24, 2.45) is 0 Å². The fraction of sp³-hybridized carbons (Fsp3) is 0.500. The molecule has 0 bridgehead atoms. The molecule has 1 heterocycles. The normalized spacial score (nSPS) is 19.5. The molecule has 1 aromatic rings. The van der Waals surface area contributed by atoms with Crippen molar-refractivity contribution < 1.29 is 9.90 Å². The maximum Gasteiger partial charge on any atom is 0.241 e.